The van der Waals surface area contributed by atoms with Crippen molar-refractivity contribution in [3.63, 3.8) is 0 Å². The standard InChI is InChI=1S/C20H22N4O2S/c1-13-7-5-6-8-17(13)18-22-23-20(24(18)3)27-14(2)19(25)21-15-9-11-16(26-4)12-10-15/h5-12,14H,1-4H3,(H,21,25)/t14-/m1/s1. The van der Waals surface area contributed by atoms with E-state index in [2.05, 4.69) is 15.5 Å². The largest absolute Gasteiger partial charge is 0.497 e. The van der Waals surface area contributed by atoms with E-state index in [-0.39, 0.29) is 11.2 Å². The lowest BCUT2D eigenvalue weighted by Crippen LogP contribution is -2.22. The molecule has 1 aromatic heterocycles. The fourth-order valence-electron chi connectivity index (χ4n) is 2.61. The number of hydrogen-bond donors (Lipinski definition) is 1. The van der Waals surface area contributed by atoms with Crippen LogP contribution in [0.4, 0.5) is 5.69 Å². The fraction of sp³-hybridized carbons (Fsp3) is 0.250. The molecule has 0 unspecified atom stereocenters. The number of carbonyl (C=O) groups excluding carboxylic acids is 1. The van der Waals surface area contributed by atoms with Crippen LogP contribution in [0.3, 0.4) is 0 Å². The molecule has 1 atom stereocenters. The van der Waals surface area contributed by atoms with Gasteiger partial charge in [0.25, 0.3) is 0 Å². The van der Waals surface area contributed by atoms with E-state index in [9.17, 15) is 4.79 Å². The van der Waals surface area contributed by atoms with Gasteiger partial charge in [-0.3, -0.25) is 4.79 Å². The highest BCUT2D eigenvalue weighted by molar-refractivity contribution is 8.00. The number of nitrogens with zero attached hydrogens (tertiary/aromatic N) is 3. The molecule has 1 amide bonds. The molecule has 2 aromatic carbocycles. The van der Waals surface area contributed by atoms with Crippen molar-refractivity contribution < 1.29 is 9.53 Å². The molecule has 0 radical (unpaired) electrons. The van der Waals surface area contributed by atoms with Crippen LogP contribution in [-0.2, 0) is 11.8 Å². The Morgan fingerprint density at radius 1 is 1.15 bits per heavy atom. The Kier molecular flexibility index (Phi) is 5.81. The Hall–Kier alpha value is -2.80. The Morgan fingerprint density at radius 3 is 2.52 bits per heavy atom. The highest BCUT2D eigenvalue weighted by atomic mass is 32.2. The summed E-state index contributed by atoms with van der Waals surface area (Å²) in [7, 11) is 3.52. The van der Waals surface area contributed by atoms with Gasteiger partial charge in [-0.25, -0.2) is 0 Å². The van der Waals surface area contributed by atoms with Gasteiger partial charge < -0.3 is 14.6 Å². The number of aromatic nitrogens is 3. The van der Waals surface area contributed by atoms with E-state index in [1.54, 1.807) is 7.11 Å². The van der Waals surface area contributed by atoms with Gasteiger partial charge in [-0.05, 0) is 43.7 Å². The second kappa shape index (κ2) is 8.26. The molecular formula is C20H22N4O2S. The third-order valence-corrected chi connectivity index (χ3v) is 5.36. The van der Waals surface area contributed by atoms with Crippen LogP contribution in [0.1, 0.15) is 12.5 Å². The third kappa shape index (κ3) is 4.31. The Balaban J connectivity index is 1.69. The van der Waals surface area contributed by atoms with Crippen molar-refractivity contribution in [3.05, 3.63) is 54.1 Å². The second-order valence-corrected chi connectivity index (χ2v) is 7.47. The molecule has 0 saturated heterocycles. The minimum atomic E-state index is -0.320. The van der Waals surface area contributed by atoms with E-state index >= 15 is 0 Å². The number of carbonyl (C=O) groups is 1. The molecule has 3 rings (SSSR count). The Labute approximate surface area is 163 Å². The Morgan fingerprint density at radius 2 is 1.85 bits per heavy atom. The number of thioether (sulfide) groups is 1. The average molecular weight is 382 g/mol. The summed E-state index contributed by atoms with van der Waals surface area (Å²) in [5.74, 6) is 1.45. The maximum absolute atomic E-state index is 12.5. The van der Waals surface area contributed by atoms with Gasteiger partial charge >= 0.3 is 0 Å². The number of rotatable bonds is 6. The van der Waals surface area contributed by atoms with E-state index in [1.807, 2.05) is 74.0 Å². The summed E-state index contributed by atoms with van der Waals surface area (Å²) in [6.45, 7) is 3.90. The topological polar surface area (TPSA) is 69.0 Å². The minimum Gasteiger partial charge on any atom is -0.497 e. The van der Waals surface area contributed by atoms with Crippen LogP contribution < -0.4 is 10.1 Å². The molecule has 0 bridgehead atoms. The highest BCUT2D eigenvalue weighted by Gasteiger charge is 2.20. The maximum atomic E-state index is 12.5. The zero-order chi connectivity index (χ0) is 19.4. The molecule has 0 saturated carbocycles. The summed E-state index contributed by atoms with van der Waals surface area (Å²) in [6.07, 6.45) is 0. The summed E-state index contributed by atoms with van der Waals surface area (Å²) in [6, 6.07) is 15.3. The summed E-state index contributed by atoms with van der Waals surface area (Å²) < 4.78 is 7.05. The molecule has 1 N–H and O–H groups in total. The number of methoxy groups -OCH3 is 1. The first-order valence-corrected chi connectivity index (χ1v) is 9.44. The maximum Gasteiger partial charge on any atom is 0.237 e. The molecule has 7 heteroatoms. The van der Waals surface area contributed by atoms with Crippen LogP contribution in [0.25, 0.3) is 11.4 Å². The minimum absolute atomic E-state index is 0.0920. The van der Waals surface area contributed by atoms with Crippen LogP contribution in [0.5, 0.6) is 5.75 Å². The quantitative estimate of drug-likeness (QED) is 0.655. The van der Waals surface area contributed by atoms with E-state index in [1.165, 1.54) is 11.8 Å². The normalized spacial score (nSPS) is 11.9. The number of anilines is 1. The average Bonchev–Trinajstić information content (AvgIpc) is 3.03. The fourth-order valence-corrected chi connectivity index (χ4v) is 3.42. The van der Waals surface area contributed by atoms with Crippen LogP contribution in [-0.4, -0.2) is 33.0 Å². The first-order valence-electron chi connectivity index (χ1n) is 8.56. The van der Waals surface area contributed by atoms with Crippen molar-refractivity contribution in [2.45, 2.75) is 24.3 Å². The molecule has 6 nitrogen and oxygen atoms in total. The molecule has 3 aromatic rings. The lowest BCUT2D eigenvalue weighted by atomic mass is 10.1. The molecule has 1 heterocycles. The van der Waals surface area contributed by atoms with Gasteiger partial charge in [0.1, 0.15) is 5.75 Å². The lowest BCUT2D eigenvalue weighted by Gasteiger charge is -2.12. The zero-order valence-corrected chi connectivity index (χ0v) is 16.6. The number of ether oxygens (including phenoxy) is 1. The predicted octanol–water partition coefficient (Wildman–Crippen LogP) is 3.92. The van der Waals surface area contributed by atoms with Crippen molar-refractivity contribution in [1.29, 1.82) is 0 Å². The molecular weight excluding hydrogens is 360 g/mol. The van der Waals surface area contributed by atoms with Crippen LogP contribution in [0, 0.1) is 6.92 Å². The third-order valence-electron chi connectivity index (χ3n) is 4.23. The summed E-state index contributed by atoms with van der Waals surface area (Å²) in [5, 5.41) is 11.9. The van der Waals surface area contributed by atoms with Gasteiger partial charge in [0.05, 0.1) is 12.4 Å². The number of amides is 1. The predicted molar refractivity (Wildman–Crippen MR) is 108 cm³/mol. The monoisotopic (exact) mass is 382 g/mol. The van der Waals surface area contributed by atoms with Crippen LogP contribution in [0.15, 0.2) is 53.7 Å². The van der Waals surface area contributed by atoms with Gasteiger partial charge in [-0.2, -0.15) is 0 Å². The van der Waals surface area contributed by atoms with Crippen molar-refractivity contribution in [2.75, 3.05) is 12.4 Å². The van der Waals surface area contributed by atoms with Crippen molar-refractivity contribution in [3.8, 4) is 17.1 Å². The van der Waals surface area contributed by atoms with Crippen molar-refractivity contribution in [1.82, 2.24) is 14.8 Å². The van der Waals surface area contributed by atoms with Gasteiger partial charge in [0, 0.05) is 18.3 Å². The lowest BCUT2D eigenvalue weighted by molar-refractivity contribution is -0.115. The number of hydrogen-bond acceptors (Lipinski definition) is 5. The number of aryl methyl sites for hydroxylation is 1. The number of benzene rings is 2. The van der Waals surface area contributed by atoms with Gasteiger partial charge in [0.15, 0.2) is 11.0 Å². The molecule has 140 valence electrons. The van der Waals surface area contributed by atoms with Crippen LogP contribution >= 0.6 is 11.8 Å². The molecule has 0 spiro atoms. The molecule has 0 aliphatic carbocycles. The molecule has 0 aliphatic heterocycles. The summed E-state index contributed by atoms with van der Waals surface area (Å²) >= 11 is 1.38. The first kappa shape index (κ1) is 19.0. The SMILES string of the molecule is COc1ccc(NC(=O)[C@@H](C)Sc2nnc(-c3ccccc3C)n2C)cc1. The molecule has 0 aliphatic rings. The van der Waals surface area contributed by atoms with E-state index in [0.29, 0.717) is 5.16 Å². The van der Waals surface area contributed by atoms with Gasteiger partial charge in [-0.15, -0.1) is 10.2 Å². The van der Waals surface area contributed by atoms with E-state index < -0.39 is 0 Å². The van der Waals surface area contributed by atoms with E-state index in [4.69, 9.17) is 4.74 Å². The summed E-state index contributed by atoms with van der Waals surface area (Å²) in [4.78, 5) is 12.5. The van der Waals surface area contributed by atoms with Crippen LogP contribution in [0.2, 0.25) is 0 Å². The Bertz CT molecular complexity index is 937. The van der Waals surface area contributed by atoms with Crippen molar-refractivity contribution >= 4 is 23.4 Å². The number of nitrogens with one attached hydrogen (secondary N) is 1. The zero-order valence-electron chi connectivity index (χ0n) is 15.8. The molecule has 27 heavy (non-hydrogen) atoms. The van der Waals surface area contributed by atoms with E-state index in [0.717, 1.165) is 28.4 Å². The van der Waals surface area contributed by atoms with Gasteiger partial charge in [0.2, 0.25) is 5.91 Å². The second-order valence-electron chi connectivity index (χ2n) is 6.16. The van der Waals surface area contributed by atoms with Crippen molar-refractivity contribution in [2.24, 2.45) is 7.05 Å². The summed E-state index contributed by atoms with van der Waals surface area (Å²) in [5.41, 5.74) is 2.90. The van der Waals surface area contributed by atoms with Gasteiger partial charge in [-0.1, -0.05) is 36.0 Å². The highest BCUT2D eigenvalue weighted by Crippen LogP contribution is 2.27. The smallest absolute Gasteiger partial charge is 0.237 e. The molecule has 0 fully saturated rings. The first-order chi connectivity index (χ1) is 13.0.